The Morgan fingerprint density at radius 1 is 1.35 bits per heavy atom. The Hall–Kier alpha value is -1.85. The molecule has 0 radical (unpaired) electrons. The number of carbonyl (C=O) groups excluding carboxylic acids is 1. The number of nitrogens with one attached hydrogen (secondary N) is 1. The molecule has 1 aromatic heterocycles. The zero-order valence-electron chi connectivity index (χ0n) is 11.5. The zero-order chi connectivity index (χ0) is 13.9. The van der Waals surface area contributed by atoms with E-state index in [1.165, 1.54) is 0 Å². The van der Waals surface area contributed by atoms with Crippen molar-refractivity contribution in [2.24, 2.45) is 12.8 Å². The maximum absolute atomic E-state index is 12.2. The molecule has 6 heteroatoms. The van der Waals surface area contributed by atoms with Crippen molar-refractivity contribution < 1.29 is 4.79 Å². The first-order valence-corrected chi connectivity index (χ1v) is 6.11. The molecule has 0 aliphatic heterocycles. The molecule has 0 saturated heterocycles. The second kappa shape index (κ2) is 6.54. The minimum absolute atomic E-state index is 0. The molecule has 0 bridgehead atoms. The summed E-state index contributed by atoms with van der Waals surface area (Å²) in [6.07, 6.45) is 1.69. The van der Waals surface area contributed by atoms with Crippen LogP contribution in [0, 0.1) is 0 Å². The van der Waals surface area contributed by atoms with Gasteiger partial charge in [0.05, 0.1) is 12.2 Å². The smallest absolute Gasteiger partial charge is 0.244 e. The molecule has 108 valence electrons. The van der Waals surface area contributed by atoms with Gasteiger partial charge in [0.15, 0.2) is 0 Å². The molecule has 0 aliphatic carbocycles. The van der Waals surface area contributed by atoms with Gasteiger partial charge in [-0.1, -0.05) is 30.3 Å². The molecule has 1 amide bonds. The number of hydrogen-bond acceptors (Lipinski definition) is 3. The van der Waals surface area contributed by atoms with E-state index in [1.807, 2.05) is 43.4 Å². The predicted molar refractivity (Wildman–Crippen MR) is 80.3 cm³/mol. The molecule has 1 unspecified atom stereocenters. The van der Waals surface area contributed by atoms with Crippen molar-refractivity contribution in [2.45, 2.75) is 19.0 Å². The number of rotatable bonds is 4. The highest BCUT2D eigenvalue weighted by atomic mass is 35.5. The van der Waals surface area contributed by atoms with Crippen LogP contribution in [0.3, 0.4) is 0 Å². The number of halogens is 1. The lowest BCUT2D eigenvalue weighted by Crippen LogP contribution is -2.48. The topological polar surface area (TPSA) is 72.9 Å². The van der Waals surface area contributed by atoms with Gasteiger partial charge in [-0.3, -0.25) is 9.48 Å². The number of nitrogens with zero attached hydrogens (tertiary/aromatic N) is 2. The van der Waals surface area contributed by atoms with Crippen LogP contribution >= 0.6 is 12.4 Å². The van der Waals surface area contributed by atoms with E-state index in [2.05, 4.69) is 10.4 Å². The molecule has 1 heterocycles. The third kappa shape index (κ3) is 3.37. The fourth-order valence-corrected chi connectivity index (χ4v) is 1.84. The third-order valence-electron chi connectivity index (χ3n) is 3.20. The average molecular weight is 295 g/mol. The van der Waals surface area contributed by atoms with Gasteiger partial charge in [0, 0.05) is 13.2 Å². The first-order valence-electron chi connectivity index (χ1n) is 6.11. The van der Waals surface area contributed by atoms with Gasteiger partial charge in [-0.25, -0.2) is 0 Å². The summed E-state index contributed by atoms with van der Waals surface area (Å²) in [4.78, 5) is 12.2. The van der Waals surface area contributed by atoms with Gasteiger partial charge in [-0.05, 0) is 18.6 Å². The van der Waals surface area contributed by atoms with Gasteiger partial charge in [-0.2, -0.15) is 5.10 Å². The summed E-state index contributed by atoms with van der Waals surface area (Å²) in [5, 5.41) is 6.89. The number of amides is 1. The van der Waals surface area contributed by atoms with Gasteiger partial charge in [0.2, 0.25) is 5.91 Å². The number of aromatic nitrogens is 2. The third-order valence-corrected chi connectivity index (χ3v) is 3.20. The monoisotopic (exact) mass is 294 g/mol. The Morgan fingerprint density at radius 3 is 2.55 bits per heavy atom. The van der Waals surface area contributed by atoms with Crippen molar-refractivity contribution >= 4 is 18.3 Å². The molecule has 20 heavy (non-hydrogen) atoms. The van der Waals surface area contributed by atoms with Crippen LogP contribution in [0.1, 0.15) is 18.2 Å². The van der Waals surface area contributed by atoms with Crippen LogP contribution in [-0.2, 0) is 23.9 Å². The maximum atomic E-state index is 12.2. The van der Waals surface area contributed by atoms with Crippen LogP contribution in [0.25, 0.3) is 0 Å². The van der Waals surface area contributed by atoms with E-state index in [1.54, 1.807) is 17.8 Å². The number of benzene rings is 1. The molecule has 0 saturated carbocycles. The number of carbonyl (C=O) groups is 1. The largest absolute Gasteiger partial charge is 0.349 e. The van der Waals surface area contributed by atoms with Gasteiger partial charge in [0.1, 0.15) is 5.54 Å². The van der Waals surface area contributed by atoms with Gasteiger partial charge in [0.25, 0.3) is 0 Å². The SMILES string of the molecule is Cl.Cn1nccc1CNC(=O)C(C)(N)c1ccccc1. The van der Waals surface area contributed by atoms with Crippen molar-refractivity contribution in [3.63, 3.8) is 0 Å². The van der Waals surface area contributed by atoms with Crippen molar-refractivity contribution in [3.8, 4) is 0 Å². The Balaban J connectivity index is 0.00000200. The van der Waals surface area contributed by atoms with E-state index in [9.17, 15) is 4.79 Å². The van der Waals surface area contributed by atoms with E-state index >= 15 is 0 Å². The summed E-state index contributed by atoms with van der Waals surface area (Å²) in [5.74, 6) is -0.208. The van der Waals surface area contributed by atoms with E-state index in [4.69, 9.17) is 5.73 Å². The van der Waals surface area contributed by atoms with Crippen molar-refractivity contribution in [2.75, 3.05) is 0 Å². The zero-order valence-corrected chi connectivity index (χ0v) is 12.4. The van der Waals surface area contributed by atoms with Crippen molar-refractivity contribution in [1.82, 2.24) is 15.1 Å². The summed E-state index contributed by atoms with van der Waals surface area (Å²) in [5.41, 5.74) is 6.80. The van der Waals surface area contributed by atoms with Crippen LogP contribution < -0.4 is 11.1 Å². The van der Waals surface area contributed by atoms with Crippen molar-refractivity contribution in [1.29, 1.82) is 0 Å². The summed E-state index contributed by atoms with van der Waals surface area (Å²) >= 11 is 0. The summed E-state index contributed by atoms with van der Waals surface area (Å²) in [7, 11) is 1.83. The van der Waals surface area contributed by atoms with E-state index in [0.717, 1.165) is 11.3 Å². The van der Waals surface area contributed by atoms with Crippen LogP contribution in [0.5, 0.6) is 0 Å². The fourth-order valence-electron chi connectivity index (χ4n) is 1.84. The molecule has 0 spiro atoms. The number of hydrogen-bond donors (Lipinski definition) is 2. The average Bonchev–Trinajstić information content (AvgIpc) is 2.82. The summed E-state index contributed by atoms with van der Waals surface area (Å²) in [6, 6.07) is 11.2. The molecule has 1 atom stereocenters. The Morgan fingerprint density at radius 2 is 2.00 bits per heavy atom. The lowest BCUT2D eigenvalue weighted by molar-refractivity contribution is -0.126. The highest BCUT2D eigenvalue weighted by molar-refractivity contribution is 5.86. The quantitative estimate of drug-likeness (QED) is 0.893. The standard InChI is InChI=1S/C14H18N4O.ClH/c1-14(15,11-6-4-3-5-7-11)13(19)16-10-12-8-9-17-18(12)2;/h3-9H,10,15H2,1-2H3,(H,16,19);1H. The van der Waals surface area contributed by atoms with E-state index in [0.29, 0.717) is 6.54 Å². The highest BCUT2D eigenvalue weighted by Crippen LogP contribution is 2.17. The molecule has 3 N–H and O–H groups in total. The van der Waals surface area contributed by atoms with Gasteiger partial charge < -0.3 is 11.1 Å². The molecule has 2 rings (SSSR count). The molecule has 0 aliphatic rings. The second-order valence-corrected chi connectivity index (χ2v) is 4.70. The van der Waals surface area contributed by atoms with E-state index < -0.39 is 5.54 Å². The first-order chi connectivity index (χ1) is 9.01. The van der Waals surface area contributed by atoms with Crippen LogP contribution in [0.2, 0.25) is 0 Å². The summed E-state index contributed by atoms with van der Waals surface area (Å²) in [6.45, 7) is 2.12. The minimum atomic E-state index is -1.04. The van der Waals surface area contributed by atoms with Crippen LogP contribution in [-0.4, -0.2) is 15.7 Å². The fraction of sp³-hybridized carbons (Fsp3) is 0.286. The molecule has 1 aromatic carbocycles. The normalized spacial score (nSPS) is 13.2. The Bertz CT molecular complexity index is 566. The Kier molecular flexibility index (Phi) is 5.30. The number of nitrogens with two attached hydrogens (primary N) is 1. The predicted octanol–water partition coefficient (Wildman–Crippen LogP) is 1.33. The van der Waals surface area contributed by atoms with Gasteiger partial charge >= 0.3 is 0 Å². The number of aryl methyl sites for hydroxylation is 1. The lowest BCUT2D eigenvalue weighted by atomic mass is 9.92. The molecular formula is C14H19ClN4O. The highest BCUT2D eigenvalue weighted by Gasteiger charge is 2.30. The second-order valence-electron chi connectivity index (χ2n) is 4.70. The van der Waals surface area contributed by atoms with Crippen LogP contribution in [0.4, 0.5) is 0 Å². The minimum Gasteiger partial charge on any atom is -0.349 e. The summed E-state index contributed by atoms with van der Waals surface area (Å²) < 4.78 is 1.72. The molecule has 2 aromatic rings. The van der Waals surface area contributed by atoms with Crippen LogP contribution in [0.15, 0.2) is 42.6 Å². The van der Waals surface area contributed by atoms with Gasteiger partial charge in [-0.15, -0.1) is 12.4 Å². The molecule has 5 nitrogen and oxygen atoms in total. The molecular weight excluding hydrogens is 276 g/mol. The molecule has 0 fully saturated rings. The Labute approximate surface area is 124 Å². The lowest BCUT2D eigenvalue weighted by Gasteiger charge is -2.24. The maximum Gasteiger partial charge on any atom is 0.244 e. The van der Waals surface area contributed by atoms with E-state index in [-0.39, 0.29) is 18.3 Å². The first kappa shape index (κ1) is 16.2. The van der Waals surface area contributed by atoms with Crippen molar-refractivity contribution in [3.05, 3.63) is 53.9 Å².